The molecule has 0 aliphatic rings. The zero-order valence-corrected chi connectivity index (χ0v) is 8.27. The van der Waals surface area contributed by atoms with Crippen molar-refractivity contribution in [2.75, 3.05) is 0 Å². The lowest BCUT2D eigenvalue weighted by atomic mass is 10.3. The number of rotatable bonds is 2. The van der Waals surface area contributed by atoms with Crippen molar-refractivity contribution in [2.45, 2.75) is 6.54 Å². The van der Waals surface area contributed by atoms with Crippen LogP contribution < -0.4 is 16.9 Å². The predicted octanol–water partition coefficient (Wildman–Crippen LogP) is -0.825. The summed E-state index contributed by atoms with van der Waals surface area (Å²) in [4.78, 5) is 36.1. The first kappa shape index (κ1) is 10.2. The van der Waals surface area contributed by atoms with Crippen LogP contribution in [0.4, 0.5) is 0 Å². The van der Waals surface area contributed by atoms with Crippen LogP contribution in [0.25, 0.3) is 11.0 Å². The van der Waals surface area contributed by atoms with Gasteiger partial charge in [-0.1, -0.05) is 12.1 Å². The van der Waals surface area contributed by atoms with Crippen molar-refractivity contribution in [3.05, 3.63) is 45.0 Å². The summed E-state index contributed by atoms with van der Waals surface area (Å²) < 4.78 is 1.07. The molecule has 0 saturated carbocycles. The molecule has 16 heavy (non-hydrogen) atoms. The van der Waals surface area contributed by atoms with Gasteiger partial charge in [-0.15, -0.1) is 0 Å². The number of nitrogens with two attached hydrogens (primary N) is 1. The van der Waals surface area contributed by atoms with Crippen molar-refractivity contribution in [1.29, 1.82) is 0 Å². The topological polar surface area (TPSA) is 97.9 Å². The van der Waals surface area contributed by atoms with Crippen LogP contribution in [0.5, 0.6) is 0 Å². The van der Waals surface area contributed by atoms with Crippen LogP contribution in [-0.4, -0.2) is 15.5 Å². The number of carbonyl (C=O) groups is 1. The fourth-order valence-corrected chi connectivity index (χ4v) is 1.54. The van der Waals surface area contributed by atoms with Crippen LogP contribution in [0.1, 0.15) is 0 Å². The first-order valence-electron chi connectivity index (χ1n) is 4.60. The lowest BCUT2D eigenvalue weighted by Crippen LogP contribution is -2.39. The quantitative estimate of drug-likeness (QED) is 0.645. The average molecular weight is 219 g/mol. The number of amides is 1. The van der Waals surface area contributed by atoms with Gasteiger partial charge in [0.1, 0.15) is 6.54 Å². The van der Waals surface area contributed by atoms with Crippen molar-refractivity contribution in [1.82, 2.24) is 9.55 Å². The highest BCUT2D eigenvalue weighted by Crippen LogP contribution is 2.06. The number of fused-ring (bicyclic) bond motifs is 1. The van der Waals surface area contributed by atoms with Gasteiger partial charge < -0.3 is 10.7 Å². The molecule has 1 amide bonds. The summed E-state index contributed by atoms with van der Waals surface area (Å²) in [6, 6.07) is 6.71. The second-order valence-corrected chi connectivity index (χ2v) is 3.33. The highest BCUT2D eigenvalue weighted by molar-refractivity contribution is 5.78. The van der Waals surface area contributed by atoms with E-state index in [0.717, 1.165) is 4.57 Å². The minimum Gasteiger partial charge on any atom is -0.368 e. The number of nitrogens with zero attached hydrogens (tertiary/aromatic N) is 1. The van der Waals surface area contributed by atoms with Crippen molar-refractivity contribution >= 4 is 16.9 Å². The monoisotopic (exact) mass is 219 g/mol. The van der Waals surface area contributed by atoms with Crippen LogP contribution in [-0.2, 0) is 11.3 Å². The molecule has 0 aliphatic heterocycles. The number of nitrogens with one attached hydrogen (secondary N) is 1. The molecule has 0 spiro atoms. The molecule has 3 N–H and O–H groups in total. The lowest BCUT2D eigenvalue weighted by molar-refractivity contribution is -0.118. The number of aromatic amines is 1. The number of primary amides is 1. The third-order valence-electron chi connectivity index (χ3n) is 2.20. The minimum atomic E-state index is -0.780. The van der Waals surface area contributed by atoms with E-state index in [9.17, 15) is 14.4 Å². The molecule has 0 aliphatic carbocycles. The van der Waals surface area contributed by atoms with Gasteiger partial charge in [-0.2, -0.15) is 0 Å². The Bertz CT molecular complexity index is 669. The van der Waals surface area contributed by atoms with E-state index < -0.39 is 17.0 Å². The summed E-state index contributed by atoms with van der Waals surface area (Å²) in [7, 11) is 0. The average Bonchev–Trinajstić information content (AvgIpc) is 2.24. The molecule has 6 nitrogen and oxygen atoms in total. The summed E-state index contributed by atoms with van der Waals surface area (Å²) in [5, 5.41) is 0. The predicted molar refractivity (Wildman–Crippen MR) is 58.0 cm³/mol. The molecule has 2 aromatic rings. The van der Waals surface area contributed by atoms with Gasteiger partial charge in [-0.05, 0) is 12.1 Å². The smallest absolute Gasteiger partial charge is 0.317 e. The molecule has 1 aromatic carbocycles. The number of para-hydroxylation sites is 2. The molecule has 0 radical (unpaired) electrons. The first-order valence-corrected chi connectivity index (χ1v) is 4.60. The molecular weight excluding hydrogens is 210 g/mol. The number of hydrogen-bond donors (Lipinski definition) is 2. The molecule has 82 valence electrons. The van der Waals surface area contributed by atoms with Crippen molar-refractivity contribution in [3.8, 4) is 0 Å². The maximum absolute atomic E-state index is 11.5. The van der Waals surface area contributed by atoms with Crippen LogP contribution in [0.15, 0.2) is 33.9 Å². The Kier molecular flexibility index (Phi) is 2.32. The first-order chi connectivity index (χ1) is 7.59. The Hall–Kier alpha value is -2.37. The van der Waals surface area contributed by atoms with Crippen LogP contribution in [0, 0.1) is 0 Å². The van der Waals surface area contributed by atoms with E-state index in [4.69, 9.17) is 5.73 Å². The van der Waals surface area contributed by atoms with Gasteiger partial charge in [0.25, 0.3) is 0 Å². The Balaban J connectivity index is 2.87. The summed E-state index contributed by atoms with van der Waals surface area (Å²) in [6.45, 7) is -0.302. The van der Waals surface area contributed by atoms with E-state index in [1.54, 1.807) is 24.3 Å². The van der Waals surface area contributed by atoms with Crippen molar-refractivity contribution in [2.24, 2.45) is 5.73 Å². The number of benzene rings is 1. The Morgan fingerprint density at radius 3 is 2.69 bits per heavy atom. The second-order valence-electron chi connectivity index (χ2n) is 3.33. The molecule has 0 bridgehead atoms. The van der Waals surface area contributed by atoms with Gasteiger partial charge >= 0.3 is 11.1 Å². The third kappa shape index (κ3) is 1.60. The van der Waals surface area contributed by atoms with Gasteiger partial charge in [0, 0.05) is 0 Å². The number of H-pyrrole nitrogens is 1. The highest BCUT2D eigenvalue weighted by Gasteiger charge is 2.08. The van der Waals surface area contributed by atoms with E-state index in [0.29, 0.717) is 11.0 Å². The maximum Gasteiger partial charge on any atom is 0.317 e. The molecule has 1 heterocycles. The second kappa shape index (κ2) is 3.65. The van der Waals surface area contributed by atoms with Crippen LogP contribution in [0.2, 0.25) is 0 Å². The normalized spacial score (nSPS) is 10.5. The van der Waals surface area contributed by atoms with Crippen molar-refractivity contribution < 1.29 is 4.79 Å². The SMILES string of the molecule is NC(=O)Cn1c(=O)c(=O)[nH]c2ccccc21. The molecule has 2 rings (SSSR count). The number of carbonyl (C=O) groups excluding carboxylic acids is 1. The molecule has 0 saturated heterocycles. The Morgan fingerprint density at radius 2 is 2.00 bits per heavy atom. The van der Waals surface area contributed by atoms with Gasteiger partial charge in [-0.3, -0.25) is 19.0 Å². The Labute approximate surface area is 89.3 Å². The summed E-state index contributed by atoms with van der Waals surface area (Å²) in [6.07, 6.45) is 0. The third-order valence-corrected chi connectivity index (χ3v) is 2.20. The highest BCUT2D eigenvalue weighted by atomic mass is 16.2. The Morgan fingerprint density at radius 1 is 1.31 bits per heavy atom. The standard InChI is InChI=1S/C10H9N3O3/c11-8(14)5-13-7-4-2-1-3-6(7)12-9(15)10(13)16/h1-4H,5H2,(H2,11,14)(H,12,15). The van der Waals surface area contributed by atoms with Gasteiger partial charge in [0.15, 0.2) is 0 Å². The van der Waals surface area contributed by atoms with Crippen molar-refractivity contribution in [3.63, 3.8) is 0 Å². The maximum atomic E-state index is 11.5. The largest absolute Gasteiger partial charge is 0.368 e. The van der Waals surface area contributed by atoms with E-state index in [2.05, 4.69) is 4.98 Å². The fraction of sp³-hybridized carbons (Fsp3) is 0.100. The summed E-state index contributed by atoms with van der Waals surface area (Å²) in [5.74, 6) is -0.669. The van der Waals surface area contributed by atoms with E-state index in [1.165, 1.54) is 0 Å². The number of hydrogen-bond acceptors (Lipinski definition) is 3. The fourth-order valence-electron chi connectivity index (χ4n) is 1.54. The molecule has 6 heteroatoms. The zero-order chi connectivity index (χ0) is 11.7. The van der Waals surface area contributed by atoms with Gasteiger partial charge in [-0.25, -0.2) is 0 Å². The summed E-state index contributed by atoms with van der Waals surface area (Å²) >= 11 is 0. The van der Waals surface area contributed by atoms with E-state index >= 15 is 0 Å². The van der Waals surface area contributed by atoms with Crippen LogP contribution in [0.3, 0.4) is 0 Å². The van der Waals surface area contributed by atoms with Crippen LogP contribution >= 0.6 is 0 Å². The van der Waals surface area contributed by atoms with Gasteiger partial charge in [0.05, 0.1) is 11.0 Å². The molecule has 0 unspecified atom stereocenters. The van der Waals surface area contributed by atoms with Gasteiger partial charge in [0.2, 0.25) is 5.91 Å². The number of aromatic nitrogens is 2. The summed E-state index contributed by atoms with van der Waals surface area (Å²) in [5.41, 5.74) is 4.45. The zero-order valence-electron chi connectivity index (χ0n) is 8.27. The molecule has 1 aromatic heterocycles. The van der Waals surface area contributed by atoms with E-state index in [1.807, 2.05) is 0 Å². The van der Waals surface area contributed by atoms with E-state index in [-0.39, 0.29) is 6.54 Å². The molecule has 0 atom stereocenters. The minimum absolute atomic E-state index is 0.302. The molecular formula is C10H9N3O3. The lowest BCUT2D eigenvalue weighted by Gasteiger charge is -2.06. The molecule has 0 fully saturated rings.